The number of carboxylic acid groups (broad SMARTS) is 1. The van der Waals surface area contributed by atoms with E-state index in [-0.39, 0.29) is 0 Å². The van der Waals surface area contributed by atoms with E-state index >= 15 is 0 Å². The minimum absolute atomic E-state index is 0.341. The van der Waals surface area contributed by atoms with Crippen molar-refractivity contribution in [2.75, 3.05) is 20.8 Å². The van der Waals surface area contributed by atoms with Crippen molar-refractivity contribution in [2.24, 2.45) is 0 Å². The monoisotopic (exact) mass is 294 g/mol. The number of amides is 2. The van der Waals surface area contributed by atoms with Crippen LogP contribution in [0.25, 0.3) is 0 Å². The third kappa shape index (κ3) is 6.27. The molecule has 1 atom stereocenters. The smallest absolute Gasteiger partial charge is 0.326 e. The molecule has 0 aliphatic carbocycles. The van der Waals surface area contributed by atoms with Gasteiger partial charge in [0.05, 0.1) is 0 Å². The second kappa shape index (κ2) is 8.97. The first-order valence-corrected chi connectivity index (χ1v) is 6.82. The molecule has 2 N–H and O–H groups in total. The van der Waals surface area contributed by atoms with Crippen LogP contribution in [0.15, 0.2) is 30.3 Å². The Labute approximate surface area is 124 Å². The number of hydrogen-bond acceptors (Lipinski definition) is 3. The summed E-state index contributed by atoms with van der Waals surface area (Å²) in [7, 11) is 3.19. The maximum absolute atomic E-state index is 12.0. The number of ether oxygens (including phenoxy) is 1. The van der Waals surface area contributed by atoms with Crippen molar-refractivity contribution in [3.8, 4) is 0 Å². The highest BCUT2D eigenvalue weighted by Crippen LogP contribution is 2.04. The molecular weight excluding hydrogens is 272 g/mol. The molecule has 21 heavy (non-hydrogen) atoms. The number of aliphatic carboxylic acids is 1. The summed E-state index contributed by atoms with van der Waals surface area (Å²) in [6.07, 6.45) is 0.921. The molecular formula is C15H22N2O4. The van der Waals surface area contributed by atoms with E-state index in [2.05, 4.69) is 5.32 Å². The first kappa shape index (κ1) is 17.0. The fourth-order valence-electron chi connectivity index (χ4n) is 1.88. The van der Waals surface area contributed by atoms with Gasteiger partial charge < -0.3 is 20.1 Å². The molecule has 2 amide bonds. The average molecular weight is 294 g/mol. The lowest BCUT2D eigenvalue weighted by atomic mass is 10.1. The van der Waals surface area contributed by atoms with E-state index in [4.69, 9.17) is 9.84 Å². The number of carbonyl (C=O) groups excluding carboxylic acids is 1. The standard InChI is InChI=1S/C15H22N2O4/c1-17(11-12-7-4-3-5-8-12)15(20)16-13(14(18)19)9-6-10-21-2/h3-5,7-8,13H,6,9-11H2,1-2H3,(H,16,20)(H,18,19). The van der Waals surface area contributed by atoms with Crippen LogP contribution in [-0.4, -0.2) is 48.8 Å². The first-order chi connectivity index (χ1) is 10.0. The zero-order valence-corrected chi connectivity index (χ0v) is 12.4. The molecule has 0 heterocycles. The van der Waals surface area contributed by atoms with E-state index in [1.165, 1.54) is 4.90 Å². The van der Waals surface area contributed by atoms with Gasteiger partial charge in [-0.05, 0) is 18.4 Å². The van der Waals surface area contributed by atoms with Gasteiger partial charge in [-0.1, -0.05) is 30.3 Å². The summed E-state index contributed by atoms with van der Waals surface area (Å²) in [5.74, 6) is -1.03. The average Bonchev–Trinajstić information content (AvgIpc) is 2.47. The number of nitrogens with zero attached hydrogens (tertiary/aromatic N) is 1. The molecule has 1 aromatic carbocycles. The number of hydrogen-bond donors (Lipinski definition) is 2. The summed E-state index contributed by atoms with van der Waals surface area (Å²) in [5.41, 5.74) is 0.987. The zero-order valence-electron chi connectivity index (χ0n) is 12.4. The van der Waals surface area contributed by atoms with Crippen LogP contribution in [-0.2, 0) is 16.1 Å². The molecule has 1 rings (SSSR count). The number of carboxylic acids is 1. The fourth-order valence-corrected chi connectivity index (χ4v) is 1.88. The van der Waals surface area contributed by atoms with Crippen LogP contribution in [0, 0.1) is 0 Å². The third-order valence-corrected chi connectivity index (χ3v) is 3.05. The molecule has 0 radical (unpaired) electrons. The molecule has 1 aromatic rings. The third-order valence-electron chi connectivity index (χ3n) is 3.05. The highest BCUT2D eigenvalue weighted by atomic mass is 16.5. The summed E-state index contributed by atoms with van der Waals surface area (Å²) in [6, 6.07) is 8.22. The van der Waals surface area contributed by atoms with Gasteiger partial charge in [0.25, 0.3) is 0 Å². The molecule has 0 saturated heterocycles. The van der Waals surface area contributed by atoms with Gasteiger partial charge in [0.15, 0.2) is 0 Å². The molecule has 1 unspecified atom stereocenters. The highest BCUT2D eigenvalue weighted by molar-refractivity contribution is 5.82. The molecule has 0 bridgehead atoms. The topological polar surface area (TPSA) is 78.9 Å². The van der Waals surface area contributed by atoms with Crippen LogP contribution in [0.5, 0.6) is 0 Å². The van der Waals surface area contributed by atoms with Crippen LogP contribution >= 0.6 is 0 Å². The molecule has 116 valence electrons. The van der Waals surface area contributed by atoms with E-state index in [0.717, 1.165) is 5.56 Å². The Kier molecular flexibility index (Phi) is 7.25. The minimum atomic E-state index is -1.03. The lowest BCUT2D eigenvalue weighted by molar-refractivity contribution is -0.139. The predicted octanol–water partition coefficient (Wildman–Crippen LogP) is 1.71. The quantitative estimate of drug-likeness (QED) is 0.715. The summed E-state index contributed by atoms with van der Waals surface area (Å²) in [6.45, 7) is 0.899. The van der Waals surface area contributed by atoms with Gasteiger partial charge in [0, 0.05) is 27.3 Å². The van der Waals surface area contributed by atoms with Crippen LogP contribution in [0.2, 0.25) is 0 Å². The van der Waals surface area contributed by atoms with Gasteiger partial charge in [-0.3, -0.25) is 0 Å². The molecule has 0 aliphatic heterocycles. The van der Waals surface area contributed by atoms with Crippen LogP contribution in [0.4, 0.5) is 4.79 Å². The van der Waals surface area contributed by atoms with Crippen LogP contribution in [0.1, 0.15) is 18.4 Å². The van der Waals surface area contributed by atoms with Crippen molar-refractivity contribution in [3.63, 3.8) is 0 Å². The van der Waals surface area contributed by atoms with Crippen molar-refractivity contribution < 1.29 is 19.4 Å². The molecule has 6 heteroatoms. The van der Waals surface area contributed by atoms with Crippen molar-refractivity contribution >= 4 is 12.0 Å². The molecule has 0 spiro atoms. The molecule has 0 aromatic heterocycles. The SMILES string of the molecule is COCCCC(NC(=O)N(C)Cc1ccccc1)C(=O)O. The Morgan fingerprint density at radius 1 is 1.33 bits per heavy atom. The number of carbonyl (C=O) groups is 2. The van der Waals surface area contributed by atoms with E-state index in [1.807, 2.05) is 30.3 Å². The Balaban J connectivity index is 2.50. The van der Waals surface area contributed by atoms with Gasteiger partial charge in [0.2, 0.25) is 0 Å². The van der Waals surface area contributed by atoms with E-state index in [0.29, 0.717) is 26.0 Å². The normalized spacial score (nSPS) is 11.7. The number of nitrogens with one attached hydrogen (secondary N) is 1. The molecule has 0 fully saturated rings. The minimum Gasteiger partial charge on any atom is -0.480 e. The fraction of sp³-hybridized carbons (Fsp3) is 0.467. The van der Waals surface area contributed by atoms with Gasteiger partial charge in [0.1, 0.15) is 6.04 Å². The van der Waals surface area contributed by atoms with E-state index in [9.17, 15) is 9.59 Å². The Morgan fingerprint density at radius 2 is 2.00 bits per heavy atom. The summed E-state index contributed by atoms with van der Waals surface area (Å²) in [5, 5.41) is 11.6. The van der Waals surface area contributed by atoms with Gasteiger partial charge in [-0.15, -0.1) is 0 Å². The van der Waals surface area contributed by atoms with Gasteiger partial charge in [-0.2, -0.15) is 0 Å². The highest BCUT2D eigenvalue weighted by Gasteiger charge is 2.21. The van der Waals surface area contributed by atoms with E-state index in [1.54, 1.807) is 14.2 Å². The molecule has 0 saturated carbocycles. The number of rotatable bonds is 8. The second-order valence-corrected chi connectivity index (χ2v) is 4.82. The first-order valence-electron chi connectivity index (χ1n) is 6.82. The van der Waals surface area contributed by atoms with Crippen LogP contribution < -0.4 is 5.32 Å². The maximum Gasteiger partial charge on any atom is 0.326 e. The molecule has 6 nitrogen and oxygen atoms in total. The Hall–Kier alpha value is -2.08. The lowest BCUT2D eigenvalue weighted by Crippen LogP contribution is -2.46. The lowest BCUT2D eigenvalue weighted by Gasteiger charge is -2.21. The summed E-state index contributed by atoms with van der Waals surface area (Å²) >= 11 is 0. The van der Waals surface area contributed by atoms with E-state index < -0.39 is 18.0 Å². The predicted molar refractivity (Wildman–Crippen MR) is 79.0 cm³/mol. The van der Waals surface area contributed by atoms with Crippen molar-refractivity contribution in [2.45, 2.75) is 25.4 Å². The van der Waals surface area contributed by atoms with Crippen molar-refractivity contribution in [1.82, 2.24) is 10.2 Å². The molecule has 0 aliphatic rings. The number of methoxy groups -OCH3 is 1. The summed E-state index contributed by atoms with van der Waals surface area (Å²) < 4.78 is 4.89. The summed E-state index contributed by atoms with van der Waals surface area (Å²) in [4.78, 5) is 24.6. The maximum atomic E-state index is 12.0. The Bertz CT molecular complexity index is 450. The van der Waals surface area contributed by atoms with Crippen LogP contribution in [0.3, 0.4) is 0 Å². The second-order valence-electron chi connectivity index (χ2n) is 4.82. The van der Waals surface area contributed by atoms with Gasteiger partial charge >= 0.3 is 12.0 Å². The van der Waals surface area contributed by atoms with Crippen molar-refractivity contribution in [1.29, 1.82) is 0 Å². The number of benzene rings is 1. The number of urea groups is 1. The largest absolute Gasteiger partial charge is 0.480 e. The zero-order chi connectivity index (χ0) is 15.7. The van der Waals surface area contributed by atoms with Crippen molar-refractivity contribution in [3.05, 3.63) is 35.9 Å². The van der Waals surface area contributed by atoms with Gasteiger partial charge in [-0.25, -0.2) is 9.59 Å². The Morgan fingerprint density at radius 3 is 2.57 bits per heavy atom.